The molecule has 10 atom stereocenters. The summed E-state index contributed by atoms with van der Waals surface area (Å²) in [4.78, 5) is 48.0. The number of phosphoric acid groups is 1. The fraction of sp³-hybridized carbons (Fsp3) is 0.526. The van der Waals surface area contributed by atoms with Crippen LogP contribution in [0.2, 0.25) is 0 Å². The van der Waals surface area contributed by atoms with Gasteiger partial charge in [-0.15, -0.1) is 0 Å². The van der Waals surface area contributed by atoms with Crippen LogP contribution >= 0.6 is 16.1 Å². The van der Waals surface area contributed by atoms with Crippen molar-refractivity contribution in [1.82, 2.24) is 29.1 Å². The molecule has 41 heavy (non-hydrogen) atoms. The summed E-state index contributed by atoms with van der Waals surface area (Å²) >= 11 is 0. The Kier molecular flexibility index (Phi) is 7.37. The van der Waals surface area contributed by atoms with Crippen LogP contribution in [0.25, 0.3) is 11.2 Å². The fourth-order valence-electron chi connectivity index (χ4n) is 4.68. The second kappa shape index (κ2) is 10.7. The molecule has 3 aliphatic rings. The molecule has 0 aliphatic carbocycles. The highest BCUT2D eigenvalue weighted by Crippen LogP contribution is 2.51. The third-order valence-corrected chi connectivity index (χ3v) is 8.42. The molecule has 6 heterocycles. The second-order valence-corrected chi connectivity index (χ2v) is 11.5. The fourth-order valence-corrected chi connectivity index (χ4v) is 6.44. The molecule has 3 aliphatic heterocycles. The van der Waals surface area contributed by atoms with Crippen LogP contribution < -0.4 is 17.0 Å². The maximum atomic E-state index is 15.6. The molecule has 4 bridgehead atoms. The Morgan fingerprint density at radius 1 is 1.07 bits per heavy atom. The summed E-state index contributed by atoms with van der Waals surface area (Å²) in [6.45, 7) is -1.67. The van der Waals surface area contributed by atoms with Crippen molar-refractivity contribution in [2.45, 2.75) is 49.2 Å². The largest absolute Gasteiger partial charge is 0.472 e. The summed E-state index contributed by atoms with van der Waals surface area (Å²) in [6, 6.07) is 0.929. The van der Waals surface area contributed by atoms with Gasteiger partial charge in [0, 0.05) is 12.3 Å². The number of halogens is 2. The number of ether oxygens (including phenoxy) is 2. The number of hydrogen-bond donors (Lipinski definition) is 3. The number of nitrogen functional groups attached to an aromatic ring is 1. The molecule has 3 aromatic heterocycles. The van der Waals surface area contributed by atoms with Gasteiger partial charge in [-0.05, 0) is 0 Å². The zero-order valence-corrected chi connectivity index (χ0v) is 22.3. The Hall–Kier alpha value is -2.93. The van der Waals surface area contributed by atoms with Crippen LogP contribution in [-0.2, 0) is 36.7 Å². The minimum absolute atomic E-state index is 0.0211. The van der Waals surface area contributed by atoms with Gasteiger partial charge in [-0.25, -0.2) is 33.1 Å². The lowest BCUT2D eigenvalue weighted by molar-refractivity contribution is -0.0646. The van der Waals surface area contributed by atoms with Crippen LogP contribution in [0.5, 0.6) is 0 Å². The van der Waals surface area contributed by atoms with Crippen molar-refractivity contribution < 1.29 is 50.4 Å². The number of H-pyrrole nitrogens is 1. The number of alkyl halides is 2. The van der Waals surface area contributed by atoms with Crippen molar-refractivity contribution in [1.29, 1.82) is 0 Å². The van der Waals surface area contributed by atoms with Crippen LogP contribution in [0.15, 0.2) is 34.5 Å². The van der Waals surface area contributed by atoms with Gasteiger partial charge in [0.1, 0.15) is 36.3 Å². The monoisotopic (exact) mass is 623 g/mol. The van der Waals surface area contributed by atoms with Gasteiger partial charge in [0.25, 0.3) is 5.56 Å². The topological polar surface area (TPSA) is 234 Å². The van der Waals surface area contributed by atoms with Crippen molar-refractivity contribution in [2.24, 2.45) is 0 Å². The molecule has 6 rings (SSSR count). The number of aromatic nitrogens is 6. The van der Waals surface area contributed by atoms with E-state index in [2.05, 4.69) is 15.0 Å². The van der Waals surface area contributed by atoms with Crippen molar-refractivity contribution in [3.63, 3.8) is 0 Å². The quantitative estimate of drug-likeness (QED) is 0.312. The molecule has 3 aromatic rings. The number of nitrogens with one attached hydrogen (secondary N) is 1. The highest BCUT2D eigenvalue weighted by atomic mass is 31.2. The zero-order valence-electron chi connectivity index (χ0n) is 20.4. The van der Waals surface area contributed by atoms with Crippen molar-refractivity contribution >= 4 is 33.1 Å². The van der Waals surface area contributed by atoms with Gasteiger partial charge >= 0.3 is 21.8 Å². The second-order valence-electron chi connectivity index (χ2n) is 9.10. The molecule has 18 nitrogen and oxygen atoms in total. The van der Waals surface area contributed by atoms with E-state index in [1.54, 1.807) is 0 Å². The van der Waals surface area contributed by atoms with E-state index < -0.39 is 89.8 Å². The van der Waals surface area contributed by atoms with Crippen molar-refractivity contribution in [3.05, 3.63) is 45.8 Å². The molecule has 0 saturated carbocycles. The van der Waals surface area contributed by atoms with Crippen LogP contribution in [-0.4, -0.2) is 83.9 Å². The Balaban J connectivity index is 1.31. The van der Waals surface area contributed by atoms with Crippen LogP contribution in [0, 0.1) is 0 Å². The van der Waals surface area contributed by atoms with Gasteiger partial charge < -0.3 is 24.6 Å². The molecular weight excluding hydrogens is 602 g/mol. The van der Waals surface area contributed by atoms with E-state index in [-0.39, 0.29) is 17.0 Å². The molecule has 0 aromatic carbocycles. The van der Waals surface area contributed by atoms with Gasteiger partial charge in [-0.2, -0.15) is 0 Å². The summed E-state index contributed by atoms with van der Waals surface area (Å²) in [7, 11) is -8.74. The molecule has 222 valence electrons. The van der Waals surface area contributed by atoms with Gasteiger partial charge in [0.15, 0.2) is 36.3 Å². The highest BCUT2D eigenvalue weighted by molar-refractivity contribution is 7.47. The van der Waals surface area contributed by atoms with Gasteiger partial charge in [-0.3, -0.25) is 37.0 Å². The first-order valence-corrected chi connectivity index (χ1v) is 14.6. The zero-order chi connectivity index (χ0) is 29.1. The Bertz CT molecular complexity index is 1650. The number of hydrogen-bond acceptors (Lipinski definition) is 14. The molecule has 3 saturated heterocycles. The number of phosphoric ester groups is 1. The first kappa shape index (κ1) is 28.2. The summed E-state index contributed by atoms with van der Waals surface area (Å²) in [5.41, 5.74) is 4.28. The van der Waals surface area contributed by atoms with E-state index in [1.807, 2.05) is 4.98 Å². The summed E-state index contributed by atoms with van der Waals surface area (Å²) in [5, 5.41) is 0. The van der Waals surface area contributed by atoms with E-state index >= 15 is 8.78 Å². The molecule has 2 unspecified atom stereocenters. The van der Waals surface area contributed by atoms with E-state index in [0.717, 1.165) is 23.2 Å². The third kappa shape index (κ3) is 5.26. The minimum atomic E-state index is -5.17. The molecule has 0 spiro atoms. The number of fused-ring (bicyclic) bond motifs is 5. The SMILES string of the molecule is Nc1ncnc2c1ncn2[C@@H]1O[C@@H]2COP(=O)(O)O[C@@H]3[C@H](F)[C@@H](CO[PH](=O)O[C@@H]1[C@@H]2F)O[C@H]3n1ccc(=O)[nH]c1=O. The molecular formula is C19H21F2N7O11P2. The lowest BCUT2D eigenvalue weighted by Crippen LogP contribution is -2.38. The van der Waals surface area contributed by atoms with Crippen LogP contribution in [0.4, 0.5) is 14.6 Å². The lowest BCUT2D eigenvalue weighted by Gasteiger charge is -2.24. The van der Waals surface area contributed by atoms with E-state index in [9.17, 15) is 23.6 Å². The summed E-state index contributed by atoms with van der Waals surface area (Å²) in [5.74, 6) is 0.0211. The number of aromatic amines is 1. The number of nitrogens with zero attached hydrogens (tertiary/aromatic N) is 5. The number of rotatable bonds is 2. The van der Waals surface area contributed by atoms with Crippen LogP contribution in [0.1, 0.15) is 12.5 Å². The van der Waals surface area contributed by atoms with Crippen molar-refractivity contribution in [2.75, 3.05) is 18.9 Å². The molecule has 3 fully saturated rings. The van der Waals surface area contributed by atoms with Gasteiger partial charge in [0.2, 0.25) is 0 Å². The smallest absolute Gasteiger partial charge is 0.382 e. The van der Waals surface area contributed by atoms with E-state index in [1.165, 1.54) is 10.9 Å². The standard InChI is InChI=1S/C19H21F2N7O11P2/c20-10-8-4-35-41(32,33)39-14-11(21)7(36-18(14)27-2-1-9(29)26-19(27)30)3-34-40(31)38-13(10)17(37-8)28-6-25-12-15(22)23-5-24-16(12)28/h1-2,5-8,10-11,13-14,17-18,40H,3-4H2,(H,32,33)(H2,22,23,24)(H,26,29,30)/t7-,8-,10-,11-,13-,14-,17-,18-/m1/s1. The number of anilines is 1. The predicted molar refractivity (Wildman–Crippen MR) is 129 cm³/mol. The number of imidazole rings is 1. The molecule has 0 radical (unpaired) electrons. The van der Waals surface area contributed by atoms with E-state index in [0.29, 0.717) is 0 Å². The maximum absolute atomic E-state index is 15.6. The highest BCUT2D eigenvalue weighted by Gasteiger charge is 2.53. The Morgan fingerprint density at radius 2 is 1.78 bits per heavy atom. The first-order chi connectivity index (χ1) is 19.5. The minimum Gasteiger partial charge on any atom is -0.382 e. The Morgan fingerprint density at radius 3 is 2.54 bits per heavy atom. The third-order valence-electron chi connectivity index (χ3n) is 6.57. The van der Waals surface area contributed by atoms with E-state index in [4.69, 9.17) is 33.3 Å². The maximum Gasteiger partial charge on any atom is 0.472 e. The number of nitrogens with two attached hydrogens (primary N) is 1. The Labute approximate surface area is 226 Å². The van der Waals surface area contributed by atoms with Crippen LogP contribution in [0.3, 0.4) is 0 Å². The van der Waals surface area contributed by atoms with Gasteiger partial charge in [0.05, 0.1) is 19.5 Å². The summed E-state index contributed by atoms with van der Waals surface area (Å²) in [6.07, 6.45) is -10.9. The normalized spacial score (nSPS) is 38.2. The average Bonchev–Trinajstić information content (AvgIpc) is 3.57. The molecule has 22 heteroatoms. The van der Waals surface area contributed by atoms with Crippen molar-refractivity contribution in [3.8, 4) is 0 Å². The first-order valence-electron chi connectivity index (χ1n) is 11.8. The average molecular weight is 623 g/mol. The molecule has 0 amide bonds. The predicted octanol–water partition coefficient (Wildman–Crippen LogP) is -0.263. The summed E-state index contributed by atoms with van der Waals surface area (Å²) < 4.78 is 90.2. The van der Waals surface area contributed by atoms with Gasteiger partial charge in [-0.1, -0.05) is 0 Å². The molecule has 4 N–H and O–H groups in total. The lowest BCUT2D eigenvalue weighted by atomic mass is 10.1.